The summed E-state index contributed by atoms with van der Waals surface area (Å²) in [6.07, 6.45) is 2.43. The standard InChI is InChI=1S/C26H28N4O4S/c31-25(17-19-13-15-27-16-14-19)28-23-8-4-5-20(18-23)26(32)29-21-9-11-24(12-10-21)35(33,34)30-22-6-2-1-3-7-22/h1-12,18-19,27,30H,13-17H2,(H,28,31)(H,29,32). The maximum atomic E-state index is 12.7. The first-order valence-corrected chi connectivity index (χ1v) is 13.0. The molecule has 1 aliphatic heterocycles. The molecular formula is C26H28N4O4S. The van der Waals surface area contributed by atoms with Crippen molar-refractivity contribution in [3.8, 4) is 0 Å². The van der Waals surface area contributed by atoms with Crippen molar-refractivity contribution < 1.29 is 18.0 Å². The van der Waals surface area contributed by atoms with Gasteiger partial charge in [0.25, 0.3) is 15.9 Å². The number of piperidine rings is 1. The number of hydrogen-bond acceptors (Lipinski definition) is 5. The molecule has 3 aromatic rings. The molecule has 1 aliphatic rings. The number of hydrogen-bond donors (Lipinski definition) is 4. The third-order valence-electron chi connectivity index (χ3n) is 5.79. The van der Waals surface area contributed by atoms with Gasteiger partial charge in [-0.05, 0) is 86.4 Å². The summed E-state index contributed by atoms with van der Waals surface area (Å²) >= 11 is 0. The van der Waals surface area contributed by atoms with E-state index in [0.717, 1.165) is 25.9 Å². The molecule has 1 saturated heterocycles. The van der Waals surface area contributed by atoms with E-state index in [1.807, 2.05) is 0 Å². The minimum Gasteiger partial charge on any atom is -0.326 e. The number of amides is 2. The summed E-state index contributed by atoms with van der Waals surface area (Å²) in [5, 5.41) is 8.93. The van der Waals surface area contributed by atoms with Crippen LogP contribution >= 0.6 is 0 Å². The molecule has 0 spiro atoms. The summed E-state index contributed by atoms with van der Waals surface area (Å²) in [6, 6.07) is 21.3. The Morgan fingerprint density at radius 3 is 2.20 bits per heavy atom. The highest BCUT2D eigenvalue weighted by Crippen LogP contribution is 2.20. The summed E-state index contributed by atoms with van der Waals surface area (Å²) in [5.41, 5.74) is 1.86. The zero-order valence-electron chi connectivity index (χ0n) is 19.2. The van der Waals surface area contributed by atoms with Gasteiger partial charge in [0.05, 0.1) is 4.90 Å². The normalized spacial score (nSPS) is 14.2. The summed E-state index contributed by atoms with van der Waals surface area (Å²) in [6.45, 7) is 1.87. The van der Waals surface area contributed by atoms with Crippen molar-refractivity contribution in [2.75, 3.05) is 28.4 Å². The number of rotatable bonds is 8. The van der Waals surface area contributed by atoms with E-state index >= 15 is 0 Å². The fourth-order valence-corrected chi connectivity index (χ4v) is 5.00. The lowest BCUT2D eigenvalue weighted by Gasteiger charge is -2.21. The molecule has 0 atom stereocenters. The molecule has 1 heterocycles. The average molecular weight is 493 g/mol. The summed E-state index contributed by atoms with van der Waals surface area (Å²) in [7, 11) is -3.75. The lowest BCUT2D eigenvalue weighted by molar-refractivity contribution is -0.117. The summed E-state index contributed by atoms with van der Waals surface area (Å²) in [5.74, 6) is -0.0507. The highest BCUT2D eigenvalue weighted by Gasteiger charge is 2.18. The Bertz CT molecular complexity index is 1270. The second-order valence-corrected chi connectivity index (χ2v) is 10.2. The van der Waals surface area contributed by atoms with Crippen LogP contribution in [0.2, 0.25) is 0 Å². The first kappa shape index (κ1) is 24.4. The van der Waals surface area contributed by atoms with E-state index in [9.17, 15) is 18.0 Å². The van der Waals surface area contributed by atoms with Crippen LogP contribution in [0.4, 0.5) is 17.1 Å². The predicted molar refractivity (Wildman–Crippen MR) is 137 cm³/mol. The molecule has 0 aromatic heterocycles. The van der Waals surface area contributed by atoms with E-state index in [1.165, 1.54) is 24.3 Å². The third-order valence-corrected chi connectivity index (χ3v) is 7.19. The SMILES string of the molecule is O=C(CC1CCNCC1)Nc1cccc(C(=O)Nc2ccc(S(=O)(=O)Nc3ccccc3)cc2)c1. The van der Waals surface area contributed by atoms with Crippen LogP contribution in [0.1, 0.15) is 29.6 Å². The fourth-order valence-electron chi connectivity index (χ4n) is 3.94. The van der Waals surface area contributed by atoms with Crippen molar-refractivity contribution in [1.82, 2.24) is 5.32 Å². The van der Waals surface area contributed by atoms with Crippen LogP contribution in [0.25, 0.3) is 0 Å². The van der Waals surface area contributed by atoms with Crippen molar-refractivity contribution in [2.45, 2.75) is 24.2 Å². The molecular weight excluding hydrogens is 464 g/mol. The monoisotopic (exact) mass is 492 g/mol. The molecule has 182 valence electrons. The van der Waals surface area contributed by atoms with Crippen molar-refractivity contribution >= 4 is 38.9 Å². The Morgan fingerprint density at radius 2 is 1.49 bits per heavy atom. The quantitative estimate of drug-likeness (QED) is 0.378. The molecule has 3 aromatic carbocycles. The number of sulfonamides is 1. The van der Waals surface area contributed by atoms with Gasteiger partial charge in [-0.2, -0.15) is 0 Å². The van der Waals surface area contributed by atoms with E-state index in [1.54, 1.807) is 54.6 Å². The zero-order valence-corrected chi connectivity index (χ0v) is 20.0. The molecule has 0 radical (unpaired) electrons. The van der Waals surface area contributed by atoms with Crippen LogP contribution in [-0.4, -0.2) is 33.3 Å². The molecule has 2 amide bonds. The number of nitrogens with one attached hydrogen (secondary N) is 4. The van der Waals surface area contributed by atoms with Gasteiger partial charge in [-0.3, -0.25) is 14.3 Å². The van der Waals surface area contributed by atoms with Gasteiger partial charge in [-0.25, -0.2) is 8.42 Å². The van der Waals surface area contributed by atoms with E-state index in [2.05, 4.69) is 20.7 Å². The minimum absolute atomic E-state index is 0.0598. The molecule has 0 aliphatic carbocycles. The van der Waals surface area contributed by atoms with Crippen LogP contribution in [0, 0.1) is 5.92 Å². The number of carbonyl (C=O) groups excluding carboxylic acids is 2. The van der Waals surface area contributed by atoms with Gasteiger partial charge in [0, 0.05) is 29.0 Å². The lowest BCUT2D eigenvalue weighted by atomic mass is 9.94. The second kappa shape index (κ2) is 11.2. The van der Waals surface area contributed by atoms with Crippen molar-refractivity contribution in [2.24, 2.45) is 5.92 Å². The Hall–Kier alpha value is -3.69. The van der Waals surface area contributed by atoms with Crippen LogP contribution in [0.15, 0.2) is 83.8 Å². The number of para-hydroxylation sites is 1. The topological polar surface area (TPSA) is 116 Å². The van der Waals surface area contributed by atoms with Gasteiger partial charge >= 0.3 is 0 Å². The van der Waals surface area contributed by atoms with Crippen molar-refractivity contribution in [3.63, 3.8) is 0 Å². The molecule has 0 bridgehead atoms. The van der Waals surface area contributed by atoms with Gasteiger partial charge in [0.2, 0.25) is 5.91 Å². The van der Waals surface area contributed by atoms with Crippen LogP contribution in [-0.2, 0) is 14.8 Å². The highest BCUT2D eigenvalue weighted by atomic mass is 32.2. The molecule has 1 fully saturated rings. The van der Waals surface area contributed by atoms with Crippen molar-refractivity contribution in [1.29, 1.82) is 0 Å². The zero-order chi connectivity index (χ0) is 24.7. The van der Waals surface area contributed by atoms with Gasteiger partial charge in [0.15, 0.2) is 0 Å². The van der Waals surface area contributed by atoms with Gasteiger partial charge in [-0.15, -0.1) is 0 Å². The molecule has 9 heteroatoms. The van der Waals surface area contributed by atoms with Gasteiger partial charge < -0.3 is 16.0 Å². The Balaban J connectivity index is 1.35. The van der Waals surface area contributed by atoms with Crippen LogP contribution < -0.4 is 20.7 Å². The number of anilines is 3. The Labute approximate surface area is 205 Å². The Morgan fingerprint density at radius 1 is 0.800 bits per heavy atom. The smallest absolute Gasteiger partial charge is 0.261 e. The van der Waals surface area contributed by atoms with Gasteiger partial charge in [-0.1, -0.05) is 24.3 Å². The summed E-state index contributed by atoms with van der Waals surface area (Å²) in [4.78, 5) is 25.2. The summed E-state index contributed by atoms with van der Waals surface area (Å²) < 4.78 is 27.7. The molecule has 4 N–H and O–H groups in total. The predicted octanol–water partition coefficient (Wildman–Crippen LogP) is 4.07. The largest absolute Gasteiger partial charge is 0.326 e. The second-order valence-electron chi connectivity index (χ2n) is 8.48. The molecule has 0 saturated carbocycles. The number of carbonyl (C=O) groups is 2. The number of benzene rings is 3. The van der Waals surface area contributed by atoms with Crippen LogP contribution in [0.3, 0.4) is 0 Å². The van der Waals surface area contributed by atoms with Crippen molar-refractivity contribution in [3.05, 3.63) is 84.4 Å². The Kier molecular flexibility index (Phi) is 7.79. The highest BCUT2D eigenvalue weighted by molar-refractivity contribution is 7.92. The van der Waals surface area contributed by atoms with Crippen LogP contribution in [0.5, 0.6) is 0 Å². The van der Waals surface area contributed by atoms with Gasteiger partial charge in [0.1, 0.15) is 0 Å². The van der Waals surface area contributed by atoms with E-state index in [-0.39, 0.29) is 16.7 Å². The minimum atomic E-state index is -3.75. The average Bonchev–Trinajstić information content (AvgIpc) is 2.85. The molecule has 4 rings (SSSR count). The first-order valence-electron chi connectivity index (χ1n) is 11.5. The first-order chi connectivity index (χ1) is 16.9. The lowest BCUT2D eigenvalue weighted by Crippen LogP contribution is -2.30. The third kappa shape index (κ3) is 6.91. The van der Waals surface area contributed by atoms with E-state index in [0.29, 0.717) is 35.0 Å². The molecule has 35 heavy (non-hydrogen) atoms. The van der Waals surface area contributed by atoms with E-state index < -0.39 is 10.0 Å². The van der Waals surface area contributed by atoms with E-state index in [4.69, 9.17) is 0 Å². The fraction of sp³-hybridized carbons (Fsp3) is 0.231. The molecule has 8 nitrogen and oxygen atoms in total. The molecule has 0 unspecified atom stereocenters. The maximum absolute atomic E-state index is 12.7. The maximum Gasteiger partial charge on any atom is 0.261 e.